The molecule has 2 aromatic rings. The summed E-state index contributed by atoms with van der Waals surface area (Å²) in [4.78, 5) is 1.07. The predicted octanol–water partition coefficient (Wildman–Crippen LogP) is 3.54. The number of hydrogen-bond acceptors (Lipinski definition) is 3. The molecule has 0 aliphatic carbocycles. The van der Waals surface area contributed by atoms with Crippen molar-refractivity contribution in [2.24, 2.45) is 0 Å². The second kappa shape index (κ2) is 6.12. The average molecular weight is 283 g/mol. The van der Waals surface area contributed by atoms with E-state index in [0.717, 1.165) is 16.7 Å². The van der Waals surface area contributed by atoms with Crippen LogP contribution in [0.5, 0.6) is 5.75 Å². The van der Waals surface area contributed by atoms with Crippen molar-refractivity contribution in [1.82, 2.24) is 5.32 Å². The Balaban J connectivity index is 2.18. The Morgan fingerprint density at radius 3 is 2.42 bits per heavy atom. The van der Waals surface area contributed by atoms with Gasteiger partial charge in [-0.1, -0.05) is 0 Å². The number of nitrogens with one attached hydrogen (secondary N) is 1. The van der Waals surface area contributed by atoms with Crippen LogP contribution in [0.3, 0.4) is 0 Å². The van der Waals surface area contributed by atoms with E-state index in [9.17, 15) is 8.78 Å². The summed E-state index contributed by atoms with van der Waals surface area (Å²) in [6.45, 7) is 0. The van der Waals surface area contributed by atoms with Crippen LogP contribution in [0, 0.1) is 11.6 Å². The van der Waals surface area contributed by atoms with Crippen LogP contribution in [0.25, 0.3) is 0 Å². The maximum atomic E-state index is 13.2. The van der Waals surface area contributed by atoms with Gasteiger partial charge < -0.3 is 10.1 Å². The number of hydrogen-bond donors (Lipinski definition) is 1. The Hall–Kier alpha value is -1.46. The molecule has 0 amide bonds. The van der Waals surface area contributed by atoms with E-state index >= 15 is 0 Å². The first-order valence-electron chi connectivity index (χ1n) is 5.87. The summed E-state index contributed by atoms with van der Waals surface area (Å²) < 4.78 is 31.5. The minimum absolute atomic E-state index is 0.00935. The van der Waals surface area contributed by atoms with Gasteiger partial charge in [-0.3, -0.25) is 0 Å². The lowest BCUT2D eigenvalue weighted by Crippen LogP contribution is -2.17. The number of methoxy groups -OCH3 is 1. The zero-order chi connectivity index (χ0) is 13.8. The number of rotatable bonds is 5. The minimum Gasteiger partial charge on any atom is -0.496 e. The molecule has 0 fully saturated rings. The highest BCUT2D eigenvalue weighted by Gasteiger charge is 2.14. The molecule has 0 saturated carbocycles. The van der Waals surface area contributed by atoms with Gasteiger partial charge in [-0.05, 0) is 37.2 Å². The highest BCUT2D eigenvalue weighted by molar-refractivity contribution is 7.10. The summed E-state index contributed by atoms with van der Waals surface area (Å²) in [7, 11) is 3.44. The molecule has 19 heavy (non-hydrogen) atoms. The number of ether oxygens (including phenoxy) is 1. The number of likely N-dealkylation sites (N-methyl/N-ethyl adjacent to an activating group) is 1. The number of thiophene rings is 1. The Kier molecular flexibility index (Phi) is 4.50. The fourth-order valence-corrected chi connectivity index (χ4v) is 2.90. The van der Waals surface area contributed by atoms with Crippen molar-refractivity contribution >= 4 is 11.3 Å². The molecule has 1 unspecified atom stereocenters. The molecule has 102 valence electrons. The third-order valence-electron chi connectivity index (χ3n) is 2.89. The molecule has 1 aromatic heterocycles. The van der Waals surface area contributed by atoms with Gasteiger partial charge in [0.15, 0.2) is 0 Å². The first kappa shape index (κ1) is 14.0. The quantitative estimate of drug-likeness (QED) is 0.906. The monoisotopic (exact) mass is 283 g/mol. The van der Waals surface area contributed by atoms with Crippen molar-refractivity contribution in [3.05, 3.63) is 51.7 Å². The van der Waals surface area contributed by atoms with E-state index in [1.807, 2.05) is 18.5 Å². The lowest BCUT2D eigenvalue weighted by atomic mass is 10.0. The molecule has 0 aliphatic heterocycles. The third-order valence-corrected chi connectivity index (χ3v) is 3.91. The number of benzene rings is 1. The molecule has 1 atom stereocenters. The van der Waals surface area contributed by atoms with Crippen LogP contribution in [0.1, 0.15) is 16.5 Å². The van der Waals surface area contributed by atoms with Crippen LogP contribution >= 0.6 is 11.3 Å². The van der Waals surface area contributed by atoms with E-state index in [1.54, 1.807) is 18.4 Å². The second-order valence-electron chi connectivity index (χ2n) is 4.21. The Labute approximate surface area is 115 Å². The molecule has 0 bridgehead atoms. The van der Waals surface area contributed by atoms with Gasteiger partial charge in [0.2, 0.25) is 0 Å². The van der Waals surface area contributed by atoms with Gasteiger partial charge in [0.25, 0.3) is 0 Å². The van der Waals surface area contributed by atoms with Gasteiger partial charge in [0.05, 0.1) is 7.11 Å². The first-order valence-corrected chi connectivity index (χ1v) is 6.75. The zero-order valence-electron chi connectivity index (χ0n) is 10.7. The molecule has 0 saturated heterocycles. The van der Waals surface area contributed by atoms with E-state index in [1.165, 1.54) is 12.1 Å². The molecular formula is C14H15F2NOS. The summed E-state index contributed by atoms with van der Waals surface area (Å²) in [6, 6.07) is 5.54. The Morgan fingerprint density at radius 2 is 1.89 bits per heavy atom. The second-order valence-corrected chi connectivity index (χ2v) is 5.15. The zero-order valence-corrected chi connectivity index (χ0v) is 11.6. The van der Waals surface area contributed by atoms with Crippen molar-refractivity contribution in [2.75, 3.05) is 14.2 Å². The van der Waals surface area contributed by atoms with Crippen molar-refractivity contribution in [3.8, 4) is 5.75 Å². The Morgan fingerprint density at radius 1 is 1.21 bits per heavy atom. The highest BCUT2D eigenvalue weighted by Crippen LogP contribution is 2.29. The van der Waals surface area contributed by atoms with Gasteiger partial charge in [0, 0.05) is 22.4 Å². The minimum atomic E-state index is -0.548. The van der Waals surface area contributed by atoms with Crippen molar-refractivity contribution in [3.63, 3.8) is 0 Å². The fraction of sp³-hybridized carbons (Fsp3) is 0.286. The predicted molar refractivity (Wildman–Crippen MR) is 72.7 cm³/mol. The molecule has 1 aromatic carbocycles. The average Bonchev–Trinajstić information content (AvgIpc) is 2.83. The maximum absolute atomic E-state index is 13.2. The van der Waals surface area contributed by atoms with E-state index in [2.05, 4.69) is 5.32 Å². The largest absolute Gasteiger partial charge is 0.496 e. The standard InChI is InChI=1S/C14H15F2NOS/c1-17-13(14-7-12(18-2)8-19-14)5-9-3-10(15)6-11(16)4-9/h3-4,6-8,13,17H,5H2,1-2H3. The van der Waals surface area contributed by atoms with E-state index in [4.69, 9.17) is 4.74 Å². The number of halogens is 2. The summed E-state index contributed by atoms with van der Waals surface area (Å²) in [5.41, 5.74) is 0.629. The molecule has 5 heteroatoms. The van der Waals surface area contributed by atoms with E-state index in [-0.39, 0.29) is 6.04 Å². The molecule has 2 rings (SSSR count). The molecule has 2 nitrogen and oxygen atoms in total. The molecule has 1 N–H and O–H groups in total. The first-order chi connectivity index (χ1) is 9.12. The van der Waals surface area contributed by atoms with Gasteiger partial charge in [-0.15, -0.1) is 11.3 Å². The van der Waals surface area contributed by atoms with Gasteiger partial charge in [-0.25, -0.2) is 8.78 Å². The molecule has 1 heterocycles. The van der Waals surface area contributed by atoms with Crippen LogP contribution in [0.15, 0.2) is 29.6 Å². The van der Waals surface area contributed by atoms with E-state index < -0.39 is 11.6 Å². The normalized spacial score (nSPS) is 12.4. The molecule has 0 radical (unpaired) electrons. The van der Waals surface area contributed by atoms with Crippen LogP contribution < -0.4 is 10.1 Å². The lowest BCUT2D eigenvalue weighted by Gasteiger charge is -2.14. The summed E-state index contributed by atoms with van der Waals surface area (Å²) >= 11 is 1.56. The summed E-state index contributed by atoms with van der Waals surface area (Å²) in [6.07, 6.45) is 0.523. The SMILES string of the molecule is CNC(Cc1cc(F)cc(F)c1)c1cc(OC)cs1. The highest BCUT2D eigenvalue weighted by atomic mass is 32.1. The summed E-state index contributed by atoms with van der Waals surface area (Å²) in [5.74, 6) is -0.298. The van der Waals surface area contributed by atoms with Gasteiger partial charge >= 0.3 is 0 Å². The maximum Gasteiger partial charge on any atom is 0.129 e. The lowest BCUT2D eigenvalue weighted by molar-refractivity contribution is 0.416. The van der Waals surface area contributed by atoms with Crippen LogP contribution in [0.4, 0.5) is 8.78 Å². The third kappa shape index (κ3) is 3.52. The smallest absolute Gasteiger partial charge is 0.129 e. The van der Waals surface area contributed by atoms with E-state index in [0.29, 0.717) is 12.0 Å². The summed E-state index contributed by atoms with van der Waals surface area (Å²) in [5, 5.41) is 5.06. The van der Waals surface area contributed by atoms with Gasteiger partial charge in [0.1, 0.15) is 17.4 Å². The van der Waals surface area contributed by atoms with Crippen LogP contribution in [0.2, 0.25) is 0 Å². The van der Waals surface area contributed by atoms with Crippen LogP contribution in [-0.2, 0) is 6.42 Å². The van der Waals surface area contributed by atoms with Crippen molar-refractivity contribution < 1.29 is 13.5 Å². The molecule has 0 spiro atoms. The van der Waals surface area contributed by atoms with Crippen molar-refractivity contribution in [2.45, 2.75) is 12.5 Å². The van der Waals surface area contributed by atoms with Gasteiger partial charge in [-0.2, -0.15) is 0 Å². The molecular weight excluding hydrogens is 268 g/mol. The van der Waals surface area contributed by atoms with Crippen LogP contribution in [-0.4, -0.2) is 14.2 Å². The van der Waals surface area contributed by atoms with Crippen molar-refractivity contribution in [1.29, 1.82) is 0 Å². The topological polar surface area (TPSA) is 21.3 Å². The fourth-order valence-electron chi connectivity index (χ4n) is 1.93. The molecule has 0 aliphatic rings. The Bertz CT molecular complexity index is 536.